The summed E-state index contributed by atoms with van der Waals surface area (Å²) in [5.41, 5.74) is 3.44. The second-order valence-electron chi connectivity index (χ2n) is 6.83. The Balaban J connectivity index is 1.38. The lowest BCUT2D eigenvalue weighted by molar-refractivity contribution is -0.117. The summed E-state index contributed by atoms with van der Waals surface area (Å²) in [6, 6.07) is 8.21. The number of allylic oxidation sites excluding steroid dienone is 2. The molecule has 1 amide bonds. The molecule has 2 aromatic rings. The van der Waals surface area contributed by atoms with Crippen molar-refractivity contribution >= 4 is 33.1 Å². The van der Waals surface area contributed by atoms with Crippen LogP contribution in [-0.2, 0) is 21.2 Å². The number of sulfonamides is 1. The Morgan fingerprint density at radius 2 is 2.07 bits per heavy atom. The third-order valence-electron chi connectivity index (χ3n) is 4.62. The standard InChI is InChI=1S/C20H20N4O3S2/c1-14-4-6-15(7-5-14)20-22-16(13-28-20)8-9-21-19(25)17-3-2-10-24-11-12-29(26,27)23-18(17)24/h2-7,10,13H,8-9,11-12H2,1H3,(H,21,25). The van der Waals surface area contributed by atoms with Crippen LogP contribution in [0.4, 0.5) is 0 Å². The summed E-state index contributed by atoms with van der Waals surface area (Å²) < 4.78 is 27.4. The minimum atomic E-state index is -3.53. The Hall–Kier alpha value is -2.78. The minimum absolute atomic E-state index is 0.0527. The molecule has 0 fully saturated rings. The van der Waals surface area contributed by atoms with Crippen LogP contribution in [0.3, 0.4) is 0 Å². The molecule has 2 aliphatic heterocycles. The number of rotatable bonds is 5. The van der Waals surface area contributed by atoms with Crippen LogP contribution in [0, 0.1) is 6.92 Å². The van der Waals surface area contributed by atoms with Crippen LogP contribution in [-0.4, -0.2) is 48.9 Å². The topological polar surface area (TPSA) is 91.7 Å². The van der Waals surface area contributed by atoms with Gasteiger partial charge in [-0.3, -0.25) is 4.79 Å². The minimum Gasteiger partial charge on any atom is -0.352 e. The zero-order valence-corrected chi connectivity index (χ0v) is 17.5. The summed E-state index contributed by atoms with van der Waals surface area (Å²) in [7, 11) is -3.53. The van der Waals surface area contributed by atoms with Crippen molar-refractivity contribution in [3.63, 3.8) is 0 Å². The predicted molar refractivity (Wildman–Crippen MR) is 114 cm³/mol. The van der Waals surface area contributed by atoms with Crippen molar-refractivity contribution in [3.8, 4) is 10.6 Å². The van der Waals surface area contributed by atoms with E-state index in [9.17, 15) is 13.2 Å². The van der Waals surface area contributed by atoms with Crippen molar-refractivity contribution in [1.82, 2.24) is 15.2 Å². The van der Waals surface area contributed by atoms with Crippen molar-refractivity contribution in [1.29, 1.82) is 0 Å². The van der Waals surface area contributed by atoms with Crippen molar-refractivity contribution < 1.29 is 13.2 Å². The van der Waals surface area contributed by atoms with E-state index in [0.29, 0.717) is 19.5 Å². The molecule has 1 aromatic heterocycles. The van der Waals surface area contributed by atoms with Crippen molar-refractivity contribution in [2.24, 2.45) is 4.40 Å². The maximum Gasteiger partial charge on any atom is 0.256 e. The number of amidine groups is 1. The smallest absolute Gasteiger partial charge is 0.256 e. The lowest BCUT2D eigenvalue weighted by Gasteiger charge is -2.28. The summed E-state index contributed by atoms with van der Waals surface area (Å²) in [5, 5.41) is 5.78. The number of nitrogens with zero attached hydrogens (tertiary/aromatic N) is 3. The Bertz CT molecular complexity index is 1130. The first-order valence-electron chi connectivity index (χ1n) is 9.19. The van der Waals surface area contributed by atoms with Crippen LogP contribution in [0.5, 0.6) is 0 Å². The summed E-state index contributed by atoms with van der Waals surface area (Å²) in [6.45, 7) is 2.74. The van der Waals surface area contributed by atoms with E-state index in [1.807, 2.05) is 24.4 Å². The van der Waals surface area contributed by atoms with Crippen LogP contribution in [0.2, 0.25) is 0 Å². The largest absolute Gasteiger partial charge is 0.352 e. The van der Waals surface area contributed by atoms with Crippen LogP contribution in [0.25, 0.3) is 10.6 Å². The number of hydrogen-bond acceptors (Lipinski definition) is 6. The molecule has 0 unspecified atom stereocenters. The van der Waals surface area contributed by atoms with E-state index < -0.39 is 10.0 Å². The molecular weight excluding hydrogens is 408 g/mol. The summed E-state index contributed by atoms with van der Waals surface area (Å²) >= 11 is 1.57. The quantitative estimate of drug-likeness (QED) is 0.789. The number of aryl methyl sites for hydroxylation is 1. The van der Waals surface area contributed by atoms with E-state index in [0.717, 1.165) is 16.3 Å². The first-order valence-corrected chi connectivity index (χ1v) is 11.7. The zero-order valence-electron chi connectivity index (χ0n) is 15.8. The number of hydrogen-bond donors (Lipinski definition) is 1. The number of fused-ring (bicyclic) bond motifs is 1. The van der Waals surface area contributed by atoms with Gasteiger partial charge in [0, 0.05) is 36.7 Å². The third-order valence-corrected chi connectivity index (χ3v) is 6.71. The third kappa shape index (κ3) is 4.46. The average Bonchev–Trinajstić information content (AvgIpc) is 3.16. The van der Waals surface area contributed by atoms with E-state index >= 15 is 0 Å². The molecule has 0 spiro atoms. The Labute approximate surface area is 173 Å². The van der Waals surface area contributed by atoms with Gasteiger partial charge in [0.25, 0.3) is 15.9 Å². The molecule has 0 atom stereocenters. The van der Waals surface area contributed by atoms with E-state index in [4.69, 9.17) is 0 Å². The number of aromatic nitrogens is 1. The number of carbonyl (C=O) groups is 1. The predicted octanol–water partition coefficient (Wildman–Crippen LogP) is 2.27. The number of benzene rings is 1. The van der Waals surface area contributed by atoms with E-state index in [2.05, 4.69) is 26.8 Å². The highest BCUT2D eigenvalue weighted by Gasteiger charge is 2.29. The van der Waals surface area contributed by atoms with Gasteiger partial charge < -0.3 is 10.2 Å². The molecule has 1 N–H and O–H groups in total. The molecule has 1 aromatic carbocycles. The molecule has 0 saturated carbocycles. The Kier molecular flexibility index (Phi) is 5.33. The first-order chi connectivity index (χ1) is 13.9. The second-order valence-corrected chi connectivity index (χ2v) is 9.44. The van der Waals surface area contributed by atoms with Gasteiger partial charge in [0.05, 0.1) is 17.0 Å². The highest BCUT2D eigenvalue weighted by Crippen LogP contribution is 2.24. The fourth-order valence-electron chi connectivity index (χ4n) is 3.04. The van der Waals surface area contributed by atoms with Gasteiger partial charge in [-0.25, -0.2) is 13.4 Å². The van der Waals surface area contributed by atoms with Crippen LogP contribution < -0.4 is 5.32 Å². The van der Waals surface area contributed by atoms with Gasteiger partial charge in [-0.2, -0.15) is 0 Å². The van der Waals surface area contributed by atoms with Gasteiger partial charge in [0.1, 0.15) is 5.01 Å². The fourth-order valence-corrected chi connectivity index (χ4v) is 4.89. The molecule has 0 radical (unpaired) electrons. The highest BCUT2D eigenvalue weighted by molar-refractivity contribution is 7.90. The monoisotopic (exact) mass is 428 g/mol. The van der Waals surface area contributed by atoms with Crippen molar-refractivity contribution in [2.75, 3.05) is 18.8 Å². The first kappa shape index (κ1) is 19.5. The van der Waals surface area contributed by atoms with Gasteiger partial charge in [0.2, 0.25) is 0 Å². The van der Waals surface area contributed by atoms with Gasteiger partial charge in [-0.1, -0.05) is 29.8 Å². The molecule has 0 bridgehead atoms. The highest BCUT2D eigenvalue weighted by atomic mass is 32.2. The number of nitrogens with one attached hydrogen (secondary N) is 1. The number of thiazole rings is 1. The van der Waals surface area contributed by atoms with Crippen molar-refractivity contribution in [2.45, 2.75) is 13.3 Å². The molecule has 2 aliphatic rings. The molecule has 4 rings (SSSR count). The molecular formula is C20H20N4O3S2. The Morgan fingerprint density at radius 3 is 2.86 bits per heavy atom. The lowest BCUT2D eigenvalue weighted by atomic mass is 10.1. The van der Waals surface area contributed by atoms with Gasteiger partial charge >= 0.3 is 0 Å². The molecule has 3 heterocycles. The van der Waals surface area contributed by atoms with E-state index in [1.54, 1.807) is 34.6 Å². The normalized spacial score (nSPS) is 17.3. The average molecular weight is 429 g/mol. The number of carbonyl (C=O) groups excluding carboxylic acids is 1. The number of amides is 1. The maximum atomic E-state index is 12.6. The fraction of sp³-hybridized carbons (Fsp3) is 0.250. The van der Waals surface area contributed by atoms with Gasteiger partial charge in [-0.05, 0) is 19.1 Å². The molecule has 7 nitrogen and oxygen atoms in total. The zero-order chi connectivity index (χ0) is 20.4. The van der Waals surface area contributed by atoms with E-state index in [1.165, 1.54) is 5.56 Å². The van der Waals surface area contributed by atoms with Crippen molar-refractivity contribution in [3.05, 3.63) is 64.8 Å². The van der Waals surface area contributed by atoms with Gasteiger partial charge in [0.15, 0.2) is 5.84 Å². The summed E-state index contributed by atoms with van der Waals surface area (Å²) in [5.74, 6) is -0.209. The molecule has 0 saturated heterocycles. The summed E-state index contributed by atoms with van der Waals surface area (Å²) in [4.78, 5) is 18.9. The molecule has 150 valence electrons. The summed E-state index contributed by atoms with van der Waals surface area (Å²) in [6.07, 6.45) is 5.63. The van der Waals surface area contributed by atoms with E-state index in [-0.39, 0.29) is 23.1 Å². The second kappa shape index (κ2) is 7.92. The van der Waals surface area contributed by atoms with Crippen LogP contribution in [0.1, 0.15) is 11.3 Å². The molecule has 29 heavy (non-hydrogen) atoms. The SMILES string of the molecule is Cc1ccc(-c2nc(CCNC(=O)C3=CC=CN4CCS(=O)(=O)N=C34)cs2)cc1. The molecule has 9 heteroatoms. The van der Waals surface area contributed by atoms with Crippen LogP contribution >= 0.6 is 11.3 Å². The maximum absolute atomic E-state index is 12.6. The Morgan fingerprint density at radius 1 is 1.28 bits per heavy atom. The van der Waals surface area contributed by atoms with Crippen LogP contribution in [0.15, 0.2) is 58.0 Å². The lowest BCUT2D eigenvalue weighted by Crippen LogP contribution is -2.42. The molecule has 0 aliphatic carbocycles. The van der Waals surface area contributed by atoms with Gasteiger partial charge in [-0.15, -0.1) is 15.7 Å².